The summed E-state index contributed by atoms with van der Waals surface area (Å²) in [6.07, 6.45) is 0. The summed E-state index contributed by atoms with van der Waals surface area (Å²) < 4.78 is 29.7. The molecule has 0 nitrogen and oxygen atoms in total. The molecule has 0 fully saturated rings. The molecule has 0 N–H and O–H groups in total. The molecule has 0 aliphatic carbocycles. The van der Waals surface area contributed by atoms with Gasteiger partial charge in [-0.25, -0.2) is 8.78 Å². The minimum atomic E-state index is -0.808. The van der Waals surface area contributed by atoms with Gasteiger partial charge in [0.1, 0.15) is 0 Å². The maximum absolute atomic E-state index is 14.9. The highest BCUT2D eigenvalue weighted by Crippen LogP contribution is 2.40. The van der Waals surface area contributed by atoms with Crippen LogP contribution in [0.1, 0.15) is 5.56 Å². The van der Waals surface area contributed by atoms with Crippen molar-refractivity contribution in [1.29, 1.82) is 0 Å². The standard InChI is InChI=1S/C23H13ClF2/c1-12-3-2-4-13-5-8-18-21(19(12)13)20-16-10-7-15(24)11-14(16)6-9-17(20)22(25)23(18)26/h2-11H,1H3. The van der Waals surface area contributed by atoms with Gasteiger partial charge in [-0.1, -0.05) is 60.1 Å². The highest BCUT2D eigenvalue weighted by atomic mass is 35.5. The van der Waals surface area contributed by atoms with Crippen LogP contribution in [-0.4, -0.2) is 0 Å². The van der Waals surface area contributed by atoms with Crippen LogP contribution in [0.2, 0.25) is 5.02 Å². The van der Waals surface area contributed by atoms with Gasteiger partial charge in [0.15, 0.2) is 11.6 Å². The maximum Gasteiger partial charge on any atom is 0.167 e. The first-order chi connectivity index (χ1) is 12.6. The zero-order valence-corrected chi connectivity index (χ0v) is 14.7. The Morgan fingerprint density at radius 3 is 2.08 bits per heavy atom. The van der Waals surface area contributed by atoms with Crippen molar-refractivity contribution in [3.8, 4) is 0 Å². The van der Waals surface area contributed by atoms with Crippen molar-refractivity contribution in [2.24, 2.45) is 0 Å². The van der Waals surface area contributed by atoms with Crippen molar-refractivity contribution in [2.45, 2.75) is 6.92 Å². The van der Waals surface area contributed by atoms with Crippen LogP contribution in [0, 0.1) is 18.6 Å². The second-order valence-electron chi connectivity index (χ2n) is 6.64. The van der Waals surface area contributed by atoms with E-state index in [0.717, 1.165) is 37.9 Å². The normalized spacial score (nSPS) is 11.8. The molecule has 5 aromatic rings. The number of benzene rings is 5. The summed E-state index contributed by atoms with van der Waals surface area (Å²) in [6.45, 7) is 2.00. The first kappa shape index (κ1) is 15.5. The van der Waals surface area contributed by atoms with E-state index in [0.29, 0.717) is 15.8 Å². The van der Waals surface area contributed by atoms with E-state index in [1.54, 1.807) is 24.3 Å². The van der Waals surface area contributed by atoms with Gasteiger partial charge < -0.3 is 0 Å². The molecule has 5 rings (SSSR count). The lowest BCUT2D eigenvalue weighted by atomic mass is 9.91. The molecule has 0 aliphatic heterocycles. The summed E-state index contributed by atoms with van der Waals surface area (Å²) in [5.41, 5.74) is 1.03. The van der Waals surface area contributed by atoms with Crippen molar-refractivity contribution in [2.75, 3.05) is 0 Å². The summed E-state index contributed by atoms with van der Waals surface area (Å²) in [4.78, 5) is 0. The largest absolute Gasteiger partial charge is 0.203 e. The van der Waals surface area contributed by atoms with Crippen LogP contribution >= 0.6 is 11.6 Å². The number of hydrogen-bond donors (Lipinski definition) is 0. The van der Waals surface area contributed by atoms with E-state index >= 15 is 0 Å². The SMILES string of the molecule is Cc1cccc2ccc3c(F)c(F)c4ccc5cc(Cl)ccc5c4c3c12. The van der Waals surface area contributed by atoms with Crippen LogP contribution in [-0.2, 0) is 0 Å². The predicted molar refractivity (Wildman–Crippen MR) is 106 cm³/mol. The van der Waals surface area contributed by atoms with Gasteiger partial charge in [-0.05, 0) is 46.2 Å². The molecule has 0 aromatic heterocycles. The number of rotatable bonds is 0. The Kier molecular flexibility index (Phi) is 3.22. The van der Waals surface area contributed by atoms with Gasteiger partial charge in [0.05, 0.1) is 0 Å². The van der Waals surface area contributed by atoms with Crippen LogP contribution in [0.15, 0.2) is 60.7 Å². The van der Waals surface area contributed by atoms with E-state index in [9.17, 15) is 8.78 Å². The lowest BCUT2D eigenvalue weighted by Gasteiger charge is -2.14. The average molecular weight is 363 g/mol. The van der Waals surface area contributed by atoms with E-state index in [1.165, 1.54) is 0 Å². The lowest BCUT2D eigenvalue weighted by Crippen LogP contribution is -1.93. The third-order valence-corrected chi connectivity index (χ3v) is 5.39. The van der Waals surface area contributed by atoms with E-state index in [4.69, 9.17) is 11.6 Å². The molecule has 0 bridgehead atoms. The van der Waals surface area contributed by atoms with Crippen molar-refractivity contribution in [3.05, 3.63) is 82.9 Å². The summed E-state index contributed by atoms with van der Waals surface area (Å²) in [6, 6.07) is 18.4. The van der Waals surface area contributed by atoms with Crippen molar-refractivity contribution in [3.63, 3.8) is 0 Å². The molecule has 0 saturated carbocycles. The number of aryl methyl sites for hydroxylation is 1. The third kappa shape index (κ3) is 1.99. The van der Waals surface area contributed by atoms with Gasteiger partial charge in [0, 0.05) is 26.6 Å². The van der Waals surface area contributed by atoms with E-state index < -0.39 is 11.6 Å². The Hall–Kier alpha value is -2.71. The molecular weight excluding hydrogens is 350 g/mol. The van der Waals surface area contributed by atoms with Crippen LogP contribution in [0.25, 0.3) is 43.1 Å². The quantitative estimate of drug-likeness (QED) is 0.249. The summed E-state index contributed by atoms with van der Waals surface area (Å²) in [5.74, 6) is -1.61. The molecular formula is C23H13ClF2. The molecule has 0 aliphatic rings. The van der Waals surface area contributed by atoms with Crippen LogP contribution in [0.4, 0.5) is 8.78 Å². The molecule has 0 heterocycles. The lowest BCUT2D eigenvalue weighted by molar-refractivity contribution is 0.525. The molecule has 0 amide bonds. The van der Waals surface area contributed by atoms with Crippen molar-refractivity contribution >= 4 is 54.7 Å². The smallest absolute Gasteiger partial charge is 0.167 e. The molecule has 5 aromatic carbocycles. The number of hydrogen-bond acceptors (Lipinski definition) is 0. The minimum Gasteiger partial charge on any atom is -0.203 e. The Morgan fingerprint density at radius 2 is 1.31 bits per heavy atom. The Balaban J connectivity index is 2.22. The van der Waals surface area contributed by atoms with E-state index in [-0.39, 0.29) is 0 Å². The average Bonchev–Trinajstić information content (AvgIpc) is 2.64. The fourth-order valence-corrected chi connectivity index (χ4v) is 4.17. The summed E-state index contributed by atoms with van der Waals surface area (Å²) in [7, 11) is 0. The van der Waals surface area contributed by atoms with E-state index in [1.807, 2.05) is 43.3 Å². The Bertz CT molecular complexity index is 1370. The van der Waals surface area contributed by atoms with Gasteiger partial charge >= 0.3 is 0 Å². The first-order valence-electron chi connectivity index (χ1n) is 8.37. The summed E-state index contributed by atoms with van der Waals surface area (Å²) >= 11 is 6.13. The van der Waals surface area contributed by atoms with Crippen LogP contribution < -0.4 is 0 Å². The predicted octanol–water partition coefficient (Wildman–Crippen LogP) is 7.54. The first-order valence-corrected chi connectivity index (χ1v) is 8.75. The minimum absolute atomic E-state index is 0.292. The van der Waals surface area contributed by atoms with Gasteiger partial charge in [-0.3, -0.25) is 0 Å². The highest BCUT2D eigenvalue weighted by molar-refractivity contribution is 6.33. The fraction of sp³-hybridized carbons (Fsp3) is 0.0435. The Morgan fingerprint density at radius 1 is 0.654 bits per heavy atom. The molecule has 0 atom stereocenters. The topological polar surface area (TPSA) is 0 Å². The molecule has 0 saturated heterocycles. The number of fused-ring (bicyclic) bond motifs is 7. The van der Waals surface area contributed by atoms with E-state index in [2.05, 4.69) is 0 Å². The molecule has 0 unspecified atom stereocenters. The molecule has 3 heteroatoms. The molecule has 26 heavy (non-hydrogen) atoms. The summed E-state index contributed by atoms with van der Waals surface area (Å²) in [5, 5.41) is 6.43. The van der Waals surface area contributed by atoms with Gasteiger partial charge in [-0.15, -0.1) is 0 Å². The zero-order valence-electron chi connectivity index (χ0n) is 13.9. The second kappa shape index (κ2) is 5.39. The molecule has 0 radical (unpaired) electrons. The van der Waals surface area contributed by atoms with Gasteiger partial charge in [0.2, 0.25) is 0 Å². The van der Waals surface area contributed by atoms with Crippen LogP contribution in [0.5, 0.6) is 0 Å². The maximum atomic E-state index is 14.9. The van der Waals surface area contributed by atoms with Gasteiger partial charge in [0.25, 0.3) is 0 Å². The van der Waals surface area contributed by atoms with Crippen molar-refractivity contribution in [1.82, 2.24) is 0 Å². The monoisotopic (exact) mass is 362 g/mol. The fourth-order valence-electron chi connectivity index (χ4n) is 3.99. The molecule has 126 valence electrons. The second-order valence-corrected chi connectivity index (χ2v) is 7.08. The zero-order chi connectivity index (χ0) is 18.0. The van der Waals surface area contributed by atoms with Crippen molar-refractivity contribution < 1.29 is 8.78 Å². The molecule has 0 spiro atoms. The third-order valence-electron chi connectivity index (χ3n) is 5.15. The van der Waals surface area contributed by atoms with Crippen LogP contribution in [0.3, 0.4) is 0 Å². The number of halogens is 3. The highest BCUT2D eigenvalue weighted by Gasteiger charge is 2.18. The van der Waals surface area contributed by atoms with Gasteiger partial charge in [-0.2, -0.15) is 0 Å². The Labute approximate surface area is 153 Å².